The van der Waals surface area contributed by atoms with Gasteiger partial charge < -0.3 is 10.2 Å². The first-order valence-corrected chi connectivity index (χ1v) is 10.7. The second-order valence-corrected chi connectivity index (χ2v) is 7.86. The number of benzene rings is 2. The summed E-state index contributed by atoms with van der Waals surface area (Å²) in [5.41, 5.74) is 1.94. The minimum Gasteiger partial charge on any atom is -0.352 e. The lowest BCUT2D eigenvalue weighted by Gasteiger charge is -2.32. The Morgan fingerprint density at radius 1 is 1.03 bits per heavy atom. The summed E-state index contributed by atoms with van der Waals surface area (Å²) in [6, 6.07) is 16.8. The average Bonchev–Trinajstić information content (AvgIpc) is 2.71. The number of hydrogen-bond donors (Lipinski definition) is 1. The Kier molecular flexibility index (Phi) is 9.20. The van der Waals surface area contributed by atoms with Crippen LogP contribution >= 0.6 is 11.6 Å². The minimum absolute atomic E-state index is 0.0206. The van der Waals surface area contributed by atoms with Crippen LogP contribution in [-0.2, 0) is 22.6 Å². The van der Waals surface area contributed by atoms with Gasteiger partial charge in [-0.25, -0.2) is 0 Å². The molecule has 0 saturated carbocycles. The number of carbonyl (C=O) groups is 2. The fourth-order valence-corrected chi connectivity index (χ4v) is 3.40. The van der Waals surface area contributed by atoms with Crippen LogP contribution in [0.15, 0.2) is 54.6 Å². The summed E-state index contributed by atoms with van der Waals surface area (Å²) < 4.78 is 0. The molecule has 0 unspecified atom stereocenters. The molecule has 0 heterocycles. The maximum absolute atomic E-state index is 13.2. The Labute approximate surface area is 179 Å². The molecule has 2 rings (SSSR count). The van der Waals surface area contributed by atoms with E-state index in [1.54, 1.807) is 11.0 Å². The molecule has 2 aromatic rings. The lowest BCUT2D eigenvalue weighted by atomic mass is 10.0. The first kappa shape index (κ1) is 23.0. The standard InChI is InChI=1S/C24H31ClN2O2/c1-4-10-23(28)27(17-20-13-9-14-21(25)15-20)22(24(29)26-18(3)5-2)16-19-11-7-6-8-12-19/h6-9,11-15,18,22H,4-5,10,16-17H2,1-3H3,(H,26,29)/t18-,22-/m1/s1. The van der Waals surface area contributed by atoms with E-state index >= 15 is 0 Å². The molecule has 0 aliphatic carbocycles. The van der Waals surface area contributed by atoms with Crippen LogP contribution in [0.5, 0.6) is 0 Å². The predicted molar refractivity (Wildman–Crippen MR) is 119 cm³/mol. The van der Waals surface area contributed by atoms with Gasteiger partial charge in [-0.15, -0.1) is 0 Å². The summed E-state index contributed by atoms with van der Waals surface area (Å²) in [5, 5.41) is 3.69. The maximum atomic E-state index is 13.2. The summed E-state index contributed by atoms with van der Waals surface area (Å²) in [6.07, 6.45) is 2.44. The molecule has 1 N–H and O–H groups in total. The summed E-state index contributed by atoms with van der Waals surface area (Å²) >= 11 is 6.15. The second-order valence-electron chi connectivity index (χ2n) is 7.42. The minimum atomic E-state index is -0.579. The number of carbonyl (C=O) groups excluding carboxylic acids is 2. The van der Waals surface area contributed by atoms with Gasteiger partial charge in [0.2, 0.25) is 11.8 Å². The van der Waals surface area contributed by atoms with E-state index in [0.717, 1.165) is 24.0 Å². The number of halogens is 1. The normalized spacial score (nSPS) is 12.8. The van der Waals surface area contributed by atoms with Crippen LogP contribution in [0.2, 0.25) is 5.02 Å². The van der Waals surface area contributed by atoms with Gasteiger partial charge in [0.1, 0.15) is 6.04 Å². The van der Waals surface area contributed by atoms with E-state index in [9.17, 15) is 9.59 Å². The zero-order valence-electron chi connectivity index (χ0n) is 17.5. The van der Waals surface area contributed by atoms with Gasteiger partial charge in [-0.3, -0.25) is 9.59 Å². The number of nitrogens with zero attached hydrogens (tertiary/aromatic N) is 1. The van der Waals surface area contributed by atoms with Crippen molar-refractivity contribution in [3.05, 3.63) is 70.7 Å². The molecule has 4 nitrogen and oxygen atoms in total. The van der Waals surface area contributed by atoms with E-state index in [0.29, 0.717) is 24.4 Å². The first-order valence-electron chi connectivity index (χ1n) is 10.3. The molecule has 2 amide bonds. The number of rotatable bonds is 10. The molecule has 0 fully saturated rings. The molecule has 29 heavy (non-hydrogen) atoms. The molecule has 2 aromatic carbocycles. The van der Waals surface area contributed by atoms with Gasteiger partial charge in [0.05, 0.1) is 0 Å². The third kappa shape index (κ3) is 7.21. The highest BCUT2D eigenvalue weighted by molar-refractivity contribution is 6.30. The van der Waals surface area contributed by atoms with Gasteiger partial charge in [-0.1, -0.05) is 67.9 Å². The Morgan fingerprint density at radius 2 is 1.72 bits per heavy atom. The SMILES string of the molecule is CCCC(=O)N(Cc1cccc(Cl)c1)[C@H](Cc1ccccc1)C(=O)N[C@H](C)CC. The molecule has 0 bridgehead atoms. The molecular formula is C24H31ClN2O2. The van der Waals surface area contributed by atoms with Crippen LogP contribution in [0.4, 0.5) is 0 Å². The Bertz CT molecular complexity index is 794. The molecule has 0 radical (unpaired) electrons. The van der Waals surface area contributed by atoms with Gasteiger partial charge in [0, 0.05) is 30.5 Å². The quantitative estimate of drug-likeness (QED) is 0.595. The Hall–Kier alpha value is -2.33. The average molecular weight is 415 g/mol. The van der Waals surface area contributed by atoms with Crippen molar-refractivity contribution in [3.8, 4) is 0 Å². The molecular weight excluding hydrogens is 384 g/mol. The predicted octanol–water partition coefficient (Wildman–Crippen LogP) is 4.99. The largest absolute Gasteiger partial charge is 0.352 e. The topological polar surface area (TPSA) is 49.4 Å². The van der Waals surface area contributed by atoms with Crippen LogP contribution in [0.25, 0.3) is 0 Å². The highest BCUT2D eigenvalue weighted by atomic mass is 35.5. The van der Waals surface area contributed by atoms with Gasteiger partial charge >= 0.3 is 0 Å². The fraction of sp³-hybridized carbons (Fsp3) is 0.417. The molecule has 156 valence electrons. The van der Waals surface area contributed by atoms with Crippen LogP contribution in [0, 0.1) is 0 Å². The van der Waals surface area contributed by atoms with Gasteiger partial charge in [-0.05, 0) is 43.0 Å². The van der Waals surface area contributed by atoms with E-state index in [2.05, 4.69) is 5.32 Å². The number of amides is 2. The van der Waals surface area contributed by atoms with E-state index in [1.807, 2.05) is 69.3 Å². The lowest BCUT2D eigenvalue weighted by Crippen LogP contribution is -2.52. The summed E-state index contributed by atoms with van der Waals surface area (Å²) in [7, 11) is 0. The second kappa shape index (κ2) is 11.6. The lowest BCUT2D eigenvalue weighted by molar-refractivity contribution is -0.141. The third-order valence-electron chi connectivity index (χ3n) is 4.98. The first-order chi connectivity index (χ1) is 13.9. The van der Waals surface area contributed by atoms with Crippen molar-refractivity contribution in [1.29, 1.82) is 0 Å². The highest BCUT2D eigenvalue weighted by Gasteiger charge is 2.30. The molecule has 0 spiro atoms. The van der Waals surface area contributed by atoms with Gasteiger partial charge in [-0.2, -0.15) is 0 Å². The van der Waals surface area contributed by atoms with Crippen molar-refractivity contribution >= 4 is 23.4 Å². The summed E-state index contributed by atoms with van der Waals surface area (Å²) in [4.78, 5) is 27.9. The van der Waals surface area contributed by atoms with Crippen LogP contribution < -0.4 is 5.32 Å². The van der Waals surface area contributed by atoms with Crippen molar-refractivity contribution in [3.63, 3.8) is 0 Å². The highest BCUT2D eigenvalue weighted by Crippen LogP contribution is 2.18. The monoisotopic (exact) mass is 414 g/mol. The molecule has 2 atom stereocenters. The van der Waals surface area contributed by atoms with Crippen molar-refractivity contribution in [2.75, 3.05) is 0 Å². The molecule has 0 saturated heterocycles. The van der Waals surface area contributed by atoms with Crippen molar-refractivity contribution in [2.24, 2.45) is 0 Å². The zero-order valence-corrected chi connectivity index (χ0v) is 18.3. The van der Waals surface area contributed by atoms with E-state index in [1.165, 1.54) is 0 Å². The Balaban J connectivity index is 2.37. The van der Waals surface area contributed by atoms with Crippen molar-refractivity contribution in [2.45, 2.75) is 65.1 Å². The smallest absolute Gasteiger partial charge is 0.243 e. The Morgan fingerprint density at radius 3 is 2.34 bits per heavy atom. The molecule has 0 aliphatic heterocycles. The summed E-state index contributed by atoms with van der Waals surface area (Å²) in [6.45, 7) is 6.33. The van der Waals surface area contributed by atoms with Gasteiger partial charge in [0.15, 0.2) is 0 Å². The maximum Gasteiger partial charge on any atom is 0.243 e. The zero-order chi connectivity index (χ0) is 21.2. The van der Waals surface area contributed by atoms with Crippen molar-refractivity contribution in [1.82, 2.24) is 10.2 Å². The number of nitrogens with one attached hydrogen (secondary N) is 1. The third-order valence-corrected chi connectivity index (χ3v) is 5.21. The molecule has 0 aliphatic rings. The van der Waals surface area contributed by atoms with E-state index in [-0.39, 0.29) is 17.9 Å². The van der Waals surface area contributed by atoms with Crippen molar-refractivity contribution < 1.29 is 9.59 Å². The summed E-state index contributed by atoms with van der Waals surface area (Å²) in [5.74, 6) is -0.137. The number of hydrogen-bond acceptors (Lipinski definition) is 2. The molecule has 0 aromatic heterocycles. The van der Waals surface area contributed by atoms with Crippen LogP contribution in [0.3, 0.4) is 0 Å². The van der Waals surface area contributed by atoms with Crippen LogP contribution in [0.1, 0.15) is 51.2 Å². The van der Waals surface area contributed by atoms with Crippen LogP contribution in [-0.4, -0.2) is 28.8 Å². The fourth-order valence-electron chi connectivity index (χ4n) is 3.18. The van der Waals surface area contributed by atoms with E-state index < -0.39 is 6.04 Å². The van der Waals surface area contributed by atoms with E-state index in [4.69, 9.17) is 11.6 Å². The molecule has 5 heteroatoms. The van der Waals surface area contributed by atoms with Gasteiger partial charge in [0.25, 0.3) is 0 Å².